The topological polar surface area (TPSA) is 18.5 Å². The summed E-state index contributed by atoms with van der Waals surface area (Å²) in [6, 6.07) is 0. The molecule has 1 rings (SSSR count). The Morgan fingerprint density at radius 3 is 0.875 bits per heavy atom. The van der Waals surface area contributed by atoms with E-state index in [0.29, 0.717) is 0 Å². The van der Waals surface area contributed by atoms with E-state index in [1.54, 1.807) is 0 Å². The van der Waals surface area contributed by atoms with E-state index in [-0.39, 0.29) is 0 Å². The van der Waals surface area contributed by atoms with Crippen molar-refractivity contribution in [2.24, 2.45) is 0 Å². The zero-order valence-electron chi connectivity index (χ0n) is 14.0. The molecule has 0 bridgehead atoms. The molecule has 0 unspecified atom stereocenters. The van der Waals surface area contributed by atoms with E-state index in [2.05, 4.69) is 9.31 Å². The molecule has 0 N–H and O–H groups in total. The van der Waals surface area contributed by atoms with Crippen LogP contribution < -0.4 is 5.46 Å². The lowest BCUT2D eigenvalue weighted by atomic mass is 9.76. The summed E-state index contributed by atoms with van der Waals surface area (Å²) in [5.41, 5.74) is -3.11. The highest BCUT2D eigenvalue weighted by Gasteiger charge is 2.63. The van der Waals surface area contributed by atoms with Crippen LogP contribution in [0.4, 0.5) is 74.6 Å². The summed E-state index contributed by atoms with van der Waals surface area (Å²) in [5, 5.41) is 0. The van der Waals surface area contributed by atoms with Crippen molar-refractivity contribution in [1.82, 2.24) is 0 Å². The molecule has 184 valence electrons. The van der Waals surface area contributed by atoms with Crippen molar-refractivity contribution in [3.05, 3.63) is 29.1 Å². The second kappa shape index (κ2) is 8.75. The maximum absolute atomic E-state index is 13.7. The lowest BCUT2D eigenvalue weighted by Gasteiger charge is -2.30. The van der Waals surface area contributed by atoms with E-state index < -0.39 is 78.6 Å². The number of hydrogen-bond acceptors (Lipinski definition) is 2. The minimum Gasteiger partial charge on any atom is -0.388 e. The molecule has 0 aliphatic rings. The van der Waals surface area contributed by atoms with Crippen LogP contribution in [-0.2, 0) is 9.31 Å². The molecule has 0 fully saturated rings. The van der Waals surface area contributed by atoms with Crippen molar-refractivity contribution < 1.29 is 83.9 Å². The van der Waals surface area contributed by atoms with Crippen LogP contribution in [0, 0.1) is 29.1 Å². The molecule has 20 heteroatoms. The minimum atomic E-state index is -6.71. The Balaban J connectivity index is 3.81. The molecule has 0 spiro atoms. The normalized spacial score (nSPS) is 14.0. The van der Waals surface area contributed by atoms with E-state index in [0.717, 1.165) is 0 Å². The van der Waals surface area contributed by atoms with Gasteiger partial charge in [0, 0.05) is 0 Å². The van der Waals surface area contributed by atoms with Crippen LogP contribution in [-0.4, -0.2) is 44.0 Å². The number of hydrogen-bond donors (Lipinski definition) is 0. The van der Waals surface area contributed by atoms with Gasteiger partial charge in [0.25, 0.3) is 0 Å². The highest BCUT2D eigenvalue weighted by Crippen LogP contribution is 2.39. The zero-order valence-corrected chi connectivity index (χ0v) is 14.0. The summed E-state index contributed by atoms with van der Waals surface area (Å²) < 4.78 is 224. The van der Waals surface area contributed by atoms with Gasteiger partial charge in [-0.1, -0.05) is 0 Å². The van der Waals surface area contributed by atoms with Gasteiger partial charge in [-0.25, -0.2) is 22.0 Å². The maximum atomic E-state index is 13.7. The third-order valence-electron chi connectivity index (χ3n) is 3.19. The van der Waals surface area contributed by atoms with Crippen LogP contribution in [0.2, 0.25) is 0 Å². The number of rotatable bonds is 5. The molecular formula is C12H2BF17O2. The lowest BCUT2D eigenvalue weighted by Crippen LogP contribution is -2.57. The maximum Gasteiger partial charge on any atom is 0.501 e. The second-order valence-electron chi connectivity index (χ2n) is 5.51. The highest BCUT2D eigenvalue weighted by atomic mass is 19.4. The van der Waals surface area contributed by atoms with Gasteiger partial charge in [-0.05, 0) is 0 Å². The van der Waals surface area contributed by atoms with Gasteiger partial charge < -0.3 is 9.31 Å². The van der Waals surface area contributed by atoms with Crippen LogP contribution >= 0.6 is 0 Å². The average molecular weight is 512 g/mol. The van der Waals surface area contributed by atoms with Crippen molar-refractivity contribution >= 4 is 12.6 Å². The predicted molar refractivity (Wildman–Crippen MR) is 65.6 cm³/mol. The zero-order chi connectivity index (χ0) is 25.6. The molecule has 2 nitrogen and oxygen atoms in total. The summed E-state index contributed by atoms with van der Waals surface area (Å²) in [5.74, 6) is -16.2. The van der Waals surface area contributed by atoms with E-state index in [1.165, 1.54) is 0 Å². The third kappa shape index (κ3) is 6.07. The van der Waals surface area contributed by atoms with Crippen LogP contribution in [0.15, 0.2) is 0 Å². The standard InChI is InChI=1S/C12H2BF17O2/c14-2-1(3(15)5(17)6(18)4(2)16)13(31-7(9(19,20)21)10(22,23)24)32-8(11(25,26)27)12(28,29)30/h7-8H. The van der Waals surface area contributed by atoms with E-state index in [1.807, 2.05) is 0 Å². The minimum absolute atomic E-state index is 2.89. The van der Waals surface area contributed by atoms with Gasteiger partial charge in [0.15, 0.2) is 29.1 Å². The first-order valence-electron chi connectivity index (χ1n) is 7.10. The van der Waals surface area contributed by atoms with Gasteiger partial charge in [-0.2, -0.15) is 52.7 Å². The van der Waals surface area contributed by atoms with E-state index in [4.69, 9.17) is 0 Å². The largest absolute Gasteiger partial charge is 0.501 e. The Morgan fingerprint density at radius 1 is 0.438 bits per heavy atom. The van der Waals surface area contributed by atoms with Gasteiger partial charge in [-0.15, -0.1) is 0 Å². The number of alkyl halides is 12. The fourth-order valence-electron chi connectivity index (χ4n) is 1.92. The van der Waals surface area contributed by atoms with Crippen LogP contribution in [0.5, 0.6) is 0 Å². The Bertz CT molecular complexity index is 732. The van der Waals surface area contributed by atoms with Gasteiger partial charge >= 0.3 is 31.8 Å². The third-order valence-corrected chi connectivity index (χ3v) is 3.19. The van der Waals surface area contributed by atoms with Gasteiger partial charge in [0.1, 0.15) is 0 Å². The van der Waals surface area contributed by atoms with E-state index in [9.17, 15) is 74.6 Å². The summed E-state index contributed by atoms with van der Waals surface area (Å²) in [6.07, 6.45) is -37.6. The first kappa shape index (κ1) is 28.0. The van der Waals surface area contributed by atoms with Gasteiger partial charge in [-0.3, -0.25) is 0 Å². The van der Waals surface area contributed by atoms with Gasteiger partial charge in [0.2, 0.25) is 12.2 Å². The fraction of sp³-hybridized carbons (Fsp3) is 0.500. The quantitative estimate of drug-likeness (QED) is 0.237. The summed E-state index contributed by atoms with van der Waals surface area (Å²) in [7, 11) is -4.69. The number of benzene rings is 1. The Labute approximate surface area is 164 Å². The van der Waals surface area contributed by atoms with Crippen molar-refractivity contribution in [3.8, 4) is 0 Å². The Morgan fingerprint density at radius 2 is 0.656 bits per heavy atom. The van der Waals surface area contributed by atoms with Crippen molar-refractivity contribution in [3.63, 3.8) is 0 Å². The predicted octanol–water partition coefficient (Wildman–Crippen LogP) is 5.10. The first-order chi connectivity index (χ1) is 14.0. The summed E-state index contributed by atoms with van der Waals surface area (Å²) in [4.78, 5) is 0. The molecule has 0 aliphatic carbocycles. The van der Waals surface area contributed by atoms with Crippen molar-refractivity contribution in [1.29, 1.82) is 0 Å². The van der Waals surface area contributed by atoms with Crippen LogP contribution in [0.3, 0.4) is 0 Å². The Kier molecular flexibility index (Phi) is 7.67. The lowest BCUT2D eigenvalue weighted by molar-refractivity contribution is -0.317. The fourth-order valence-corrected chi connectivity index (χ4v) is 1.92. The first-order valence-corrected chi connectivity index (χ1v) is 7.10. The molecule has 1 aromatic carbocycles. The molecule has 0 amide bonds. The average Bonchev–Trinajstić information content (AvgIpc) is 2.55. The monoisotopic (exact) mass is 512 g/mol. The molecule has 0 saturated heterocycles. The Hall–Kier alpha value is -1.99. The molecule has 0 saturated carbocycles. The molecule has 0 aliphatic heterocycles. The molecule has 0 atom stereocenters. The van der Waals surface area contributed by atoms with Crippen molar-refractivity contribution in [2.45, 2.75) is 36.9 Å². The van der Waals surface area contributed by atoms with Crippen molar-refractivity contribution in [2.75, 3.05) is 0 Å². The van der Waals surface area contributed by atoms with Crippen LogP contribution in [0.25, 0.3) is 0 Å². The molecule has 32 heavy (non-hydrogen) atoms. The van der Waals surface area contributed by atoms with Crippen LogP contribution in [0.1, 0.15) is 0 Å². The summed E-state index contributed by atoms with van der Waals surface area (Å²) in [6.45, 7) is 0. The number of halogens is 17. The highest BCUT2D eigenvalue weighted by molar-refractivity contribution is 6.61. The summed E-state index contributed by atoms with van der Waals surface area (Å²) >= 11 is 0. The van der Waals surface area contributed by atoms with E-state index >= 15 is 0 Å². The SMILES string of the molecule is Fc1c(F)c(F)c(B(OC(C(F)(F)F)C(F)(F)F)OC(C(F)(F)F)C(F)(F)F)c(F)c1F. The smallest absolute Gasteiger partial charge is 0.388 e. The molecule has 0 aromatic heterocycles. The molecule has 0 heterocycles. The second-order valence-corrected chi connectivity index (χ2v) is 5.51. The molecule has 1 aromatic rings. The molecular weight excluding hydrogens is 510 g/mol. The molecule has 0 radical (unpaired) electrons. The van der Waals surface area contributed by atoms with Gasteiger partial charge in [0.05, 0.1) is 5.46 Å².